The van der Waals surface area contributed by atoms with E-state index in [0.717, 1.165) is 29.3 Å². The number of H-pyrrole nitrogens is 1. The third-order valence-electron chi connectivity index (χ3n) is 3.14. The highest BCUT2D eigenvalue weighted by atomic mass is 35.5. The predicted molar refractivity (Wildman–Crippen MR) is 62.3 cm³/mol. The first-order valence-corrected chi connectivity index (χ1v) is 5.49. The summed E-state index contributed by atoms with van der Waals surface area (Å²) in [6.07, 6.45) is 5.29. The molecule has 0 spiro atoms. The second-order valence-corrected chi connectivity index (χ2v) is 4.54. The van der Waals surface area contributed by atoms with Gasteiger partial charge in [0, 0.05) is 17.1 Å². The highest BCUT2D eigenvalue weighted by Crippen LogP contribution is 2.50. The molecule has 0 radical (unpaired) electrons. The van der Waals surface area contributed by atoms with Crippen LogP contribution in [0.4, 0.5) is 0 Å². The SMILES string of the molecule is O=C=NC1(c2cc(Cl)c3cc[nH]c3c2)CC1. The Bertz CT molecular complexity index is 607. The van der Waals surface area contributed by atoms with Crippen LogP contribution in [0.15, 0.2) is 29.4 Å². The molecule has 0 saturated heterocycles. The lowest BCUT2D eigenvalue weighted by atomic mass is 10.0. The van der Waals surface area contributed by atoms with Crippen molar-refractivity contribution in [1.82, 2.24) is 4.98 Å². The molecule has 0 atom stereocenters. The summed E-state index contributed by atoms with van der Waals surface area (Å²) in [5.41, 5.74) is 1.62. The molecule has 0 aliphatic heterocycles. The molecule has 16 heavy (non-hydrogen) atoms. The van der Waals surface area contributed by atoms with Crippen molar-refractivity contribution in [1.29, 1.82) is 0 Å². The van der Waals surface area contributed by atoms with Crippen molar-refractivity contribution in [2.45, 2.75) is 18.4 Å². The zero-order chi connectivity index (χ0) is 11.2. The van der Waals surface area contributed by atoms with Crippen LogP contribution in [0, 0.1) is 0 Å². The highest BCUT2D eigenvalue weighted by molar-refractivity contribution is 6.35. The molecule has 4 heteroatoms. The Balaban J connectivity index is 2.21. The van der Waals surface area contributed by atoms with Gasteiger partial charge in [0.1, 0.15) is 0 Å². The highest BCUT2D eigenvalue weighted by Gasteiger charge is 2.45. The topological polar surface area (TPSA) is 45.2 Å². The Morgan fingerprint density at radius 3 is 2.94 bits per heavy atom. The van der Waals surface area contributed by atoms with E-state index in [9.17, 15) is 4.79 Å². The molecule has 1 heterocycles. The number of nitrogens with one attached hydrogen (secondary N) is 1. The minimum Gasteiger partial charge on any atom is -0.361 e. The van der Waals surface area contributed by atoms with Gasteiger partial charge in [-0.2, -0.15) is 4.99 Å². The van der Waals surface area contributed by atoms with Crippen LogP contribution in [-0.4, -0.2) is 11.1 Å². The van der Waals surface area contributed by atoms with Crippen molar-refractivity contribution in [3.8, 4) is 0 Å². The number of hydrogen-bond donors (Lipinski definition) is 1. The molecule has 1 aliphatic rings. The Morgan fingerprint density at radius 1 is 1.44 bits per heavy atom. The van der Waals surface area contributed by atoms with Gasteiger partial charge in [-0.3, -0.25) is 0 Å². The van der Waals surface area contributed by atoms with Crippen LogP contribution in [-0.2, 0) is 10.3 Å². The summed E-state index contributed by atoms with van der Waals surface area (Å²) in [7, 11) is 0. The van der Waals surface area contributed by atoms with E-state index in [2.05, 4.69) is 9.98 Å². The summed E-state index contributed by atoms with van der Waals surface area (Å²) in [4.78, 5) is 17.4. The van der Waals surface area contributed by atoms with Crippen LogP contribution in [0.2, 0.25) is 5.02 Å². The molecule has 1 saturated carbocycles. The van der Waals surface area contributed by atoms with Crippen LogP contribution in [0.3, 0.4) is 0 Å². The Hall–Kier alpha value is -1.57. The molecule has 0 amide bonds. The van der Waals surface area contributed by atoms with Crippen molar-refractivity contribution in [3.63, 3.8) is 0 Å². The average Bonchev–Trinajstić information content (AvgIpc) is 2.89. The first-order valence-electron chi connectivity index (χ1n) is 5.11. The third-order valence-corrected chi connectivity index (χ3v) is 3.45. The second-order valence-electron chi connectivity index (χ2n) is 4.13. The molecule has 0 bridgehead atoms. The fraction of sp³-hybridized carbons (Fsp3) is 0.250. The van der Waals surface area contributed by atoms with E-state index in [-0.39, 0.29) is 5.54 Å². The fourth-order valence-corrected chi connectivity index (χ4v) is 2.34. The zero-order valence-corrected chi connectivity index (χ0v) is 9.21. The number of hydrogen-bond acceptors (Lipinski definition) is 2. The van der Waals surface area contributed by atoms with Crippen LogP contribution < -0.4 is 0 Å². The lowest BCUT2D eigenvalue weighted by molar-refractivity contribution is 0.556. The van der Waals surface area contributed by atoms with E-state index >= 15 is 0 Å². The van der Waals surface area contributed by atoms with E-state index in [1.165, 1.54) is 0 Å². The van der Waals surface area contributed by atoms with Gasteiger partial charge in [-0.1, -0.05) is 11.6 Å². The number of rotatable bonds is 2. The van der Waals surface area contributed by atoms with Gasteiger partial charge < -0.3 is 4.98 Å². The maximum Gasteiger partial charge on any atom is 0.235 e. The van der Waals surface area contributed by atoms with Crippen LogP contribution in [0.25, 0.3) is 10.9 Å². The lowest BCUT2D eigenvalue weighted by Crippen LogP contribution is -2.01. The van der Waals surface area contributed by atoms with Gasteiger partial charge in [0.15, 0.2) is 0 Å². The van der Waals surface area contributed by atoms with Crippen LogP contribution in [0.1, 0.15) is 18.4 Å². The van der Waals surface area contributed by atoms with Gasteiger partial charge in [-0.25, -0.2) is 4.79 Å². The maximum absolute atomic E-state index is 10.4. The molecule has 2 aromatic rings. The number of aliphatic imine (C=N–C) groups is 1. The van der Waals surface area contributed by atoms with Crippen molar-refractivity contribution < 1.29 is 4.79 Å². The minimum atomic E-state index is -0.356. The van der Waals surface area contributed by atoms with Gasteiger partial charge in [-0.05, 0) is 36.6 Å². The first-order chi connectivity index (χ1) is 7.75. The molecular weight excluding hydrogens is 224 g/mol. The van der Waals surface area contributed by atoms with Gasteiger partial charge in [0.05, 0.1) is 10.6 Å². The quantitative estimate of drug-likeness (QED) is 0.628. The number of halogens is 1. The summed E-state index contributed by atoms with van der Waals surface area (Å²) >= 11 is 6.18. The number of carbonyl (C=O) groups excluding carboxylic acids is 1. The first kappa shape index (κ1) is 9.64. The molecule has 1 aromatic carbocycles. The smallest absolute Gasteiger partial charge is 0.235 e. The monoisotopic (exact) mass is 232 g/mol. The van der Waals surface area contributed by atoms with Crippen LogP contribution in [0.5, 0.6) is 0 Å². The van der Waals surface area contributed by atoms with E-state index in [1.807, 2.05) is 24.4 Å². The minimum absolute atomic E-state index is 0.356. The number of nitrogens with zero attached hydrogens (tertiary/aromatic N) is 1. The standard InChI is InChI=1S/C12H9ClN2O/c13-10-5-8(12(2-3-12)15-7-16)6-11-9(10)1-4-14-11/h1,4-6,14H,2-3H2. The third kappa shape index (κ3) is 1.29. The Labute approximate surface area is 97.1 Å². The molecule has 3 rings (SSSR count). The zero-order valence-electron chi connectivity index (χ0n) is 8.46. The molecule has 80 valence electrons. The van der Waals surface area contributed by atoms with Crippen molar-refractivity contribution in [2.75, 3.05) is 0 Å². The molecular formula is C12H9ClN2O. The van der Waals surface area contributed by atoms with E-state index < -0.39 is 0 Å². The van der Waals surface area contributed by atoms with Crippen molar-refractivity contribution in [3.05, 3.63) is 35.0 Å². The van der Waals surface area contributed by atoms with E-state index in [1.54, 1.807) is 6.08 Å². The Morgan fingerprint density at radius 2 is 2.25 bits per heavy atom. The largest absolute Gasteiger partial charge is 0.361 e. The number of aromatic nitrogens is 1. The van der Waals surface area contributed by atoms with E-state index in [0.29, 0.717) is 5.02 Å². The summed E-state index contributed by atoms with van der Waals surface area (Å²) in [5.74, 6) is 0. The van der Waals surface area contributed by atoms with Crippen LogP contribution >= 0.6 is 11.6 Å². The lowest BCUT2D eigenvalue weighted by Gasteiger charge is -2.09. The second kappa shape index (κ2) is 3.21. The molecule has 1 fully saturated rings. The number of isocyanates is 1. The predicted octanol–water partition coefficient (Wildman–Crippen LogP) is 3.15. The Kier molecular flexibility index (Phi) is 1.93. The molecule has 1 N–H and O–H groups in total. The summed E-state index contributed by atoms with van der Waals surface area (Å²) in [6.45, 7) is 0. The van der Waals surface area contributed by atoms with Crippen molar-refractivity contribution >= 4 is 28.6 Å². The van der Waals surface area contributed by atoms with Gasteiger partial charge in [-0.15, -0.1) is 0 Å². The van der Waals surface area contributed by atoms with Crippen molar-refractivity contribution in [2.24, 2.45) is 4.99 Å². The molecule has 1 aromatic heterocycles. The normalized spacial score (nSPS) is 17.1. The molecule has 0 unspecified atom stereocenters. The summed E-state index contributed by atoms with van der Waals surface area (Å²) in [5, 5.41) is 1.69. The fourth-order valence-electron chi connectivity index (χ4n) is 2.06. The molecule has 3 nitrogen and oxygen atoms in total. The van der Waals surface area contributed by atoms with Gasteiger partial charge in [0.2, 0.25) is 6.08 Å². The number of benzene rings is 1. The summed E-state index contributed by atoms with van der Waals surface area (Å²) < 4.78 is 0. The molecule has 1 aliphatic carbocycles. The van der Waals surface area contributed by atoms with Gasteiger partial charge >= 0.3 is 0 Å². The summed E-state index contributed by atoms with van der Waals surface area (Å²) in [6, 6.07) is 5.84. The average molecular weight is 233 g/mol. The maximum atomic E-state index is 10.4. The van der Waals surface area contributed by atoms with Gasteiger partial charge in [0.25, 0.3) is 0 Å². The number of aromatic amines is 1. The number of fused-ring (bicyclic) bond motifs is 1. The van der Waals surface area contributed by atoms with E-state index in [4.69, 9.17) is 11.6 Å².